The molecule has 0 aliphatic heterocycles. The summed E-state index contributed by atoms with van der Waals surface area (Å²) >= 11 is 0. The molecule has 8 N–H and O–H groups in total. The molecule has 0 aliphatic rings. The maximum absolute atomic E-state index is 11.6. The third-order valence-corrected chi connectivity index (χ3v) is 6.77. The van der Waals surface area contributed by atoms with Crippen LogP contribution < -0.4 is 37.5 Å². The van der Waals surface area contributed by atoms with Crippen LogP contribution in [-0.2, 0) is 44.7 Å². The quantitative estimate of drug-likeness (QED) is 0.0198. The zero-order valence-corrected chi connectivity index (χ0v) is 35.2. The van der Waals surface area contributed by atoms with Gasteiger partial charge < -0.3 is 66.0 Å². The van der Waals surface area contributed by atoms with Crippen LogP contribution in [0.1, 0.15) is 53.0 Å². The molecule has 0 spiro atoms. The largest absolute Gasteiger partial charge is 0.514 e. The van der Waals surface area contributed by atoms with Gasteiger partial charge in [-0.15, -0.1) is 0 Å². The van der Waals surface area contributed by atoms with Gasteiger partial charge in [-0.05, 0) is 49.2 Å². The Balaban J connectivity index is 0. The normalized spacial score (nSPS) is 10.5. The lowest BCUT2D eigenvalue weighted by molar-refractivity contribution is -0.384. The average Bonchev–Trinajstić information content (AvgIpc) is 3.22. The summed E-state index contributed by atoms with van der Waals surface area (Å²) in [6.07, 6.45) is 0.987. The molecule has 59 heavy (non-hydrogen) atoms. The summed E-state index contributed by atoms with van der Waals surface area (Å²) in [6.45, 7) is 14.8. The predicted molar refractivity (Wildman–Crippen MR) is 222 cm³/mol. The van der Waals surface area contributed by atoms with Crippen molar-refractivity contribution in [2.45, 2.75) is 60.1 Å². The molecule has 334 valence electrons. The molecule has 0 fully saturated rings. The highest BCUT2D eigenvalue weighted by molar-refractivity contribution is 5.92. The second-order valence-corrected chi connectivity index (χ2v) is 11.9. The van der Waals surface area contributed by atoms with E-state index in [1.165, 1.54) is 24.3 Å². The fourth-order valence-corrected chi connectivity index (χ4v) is 3.83. The lowest BCUT2D eigenvalue weighted by Crippen LogP contribution is -2.40. The minimum Gasteiger partial charge on any atom is -0.429 e. The van der Waals surface area contributed by atoms with Crippen LogP contribution in [0.4, 0.5) is 21.0 Å². The monoisotopic (exact) mass is 839 g/mol. The minimum absolute atomic E-state index is 0.0173. The van der Waals surface area contributed by atoms with Crippen molar-refractivity contribution in [3.63, 3.8) is 0 Å². The van der Waals surface area contributed by atoms with Gasteiger partial charge in [0, 0.05) is 37.3 Å². The van der Waals surface area contributed by atoms with E-state index in [1.807, 2.05) is 34.6 Å². The highest BCUT2D eigenvalue weighted by Crippen LogP contribution is 2.18. The van der Waals surface area contributed by atoms with E-state index in [9.17, 15) is 34.1 Å². The van der Waals surface area contributed by atoms with Crippen molar-refractivity contribution in [3.05, 3.63) is 64.2 Å². The molecule has 1 unspecified atom stereocenters. The number of ether oxygens (including phenoxy) is 6. The van der Waals surface area contributed by atoms with Crippen molar-refractivity contribution < 1.29 is 57.3 Å². The fourth-order valence-electron chi connectivity index (χ4n) is 3.83. The van der Waals surface area contributed by atoms with E-state index in [-0.39, 0.29) is 48.7 Å². The van der Waals surface area contributed by atoms with E-state index in [0.717, 1.165) is 12.7 Å². The van der Waals surface area contributed by atoms with Crippen LogP contribution in [0.3, 0.4) is 0 Å². The van der Waals surface area contributed by atoms with E-state index >= 15 is 0 Å². The number of nitrogens with one attached hydrogen (secondary N) is 4. The molecule has 0 bridgehead atoms. The third kappa shape index (κ3) is 33.4. The van der Waals surface area contributed by atoms with E-state index in [1.54, 1.807) is 31.3 Å². The Kier molecular flexibility index (Phi) is 36.2. The number of hydrogen-bond donors (Lipinski definition) is 6. The molecule has 2 aromatic rings. The Hall–Kier alpha value is -5.25. The van der Waals surface area contributed by atoms with Crippen molar-refractivity contribution in [1.82, 2.24) is 16.0 Å². The molecule has 4 amide bonds. The van der Waals surface area contributed by atoms with Gasteiger partial charge in [0.25, 0.3) is 5.69 Å². The molecule has 0 radical (unpaired) electrons. The van der Waals surface area contributed by atoms with Gasteiger partial charge in [0.1, 0.15) is 18.6 Å². The predicted octanol–water partition coefficient (Wildman–Crippen LogP) is 3.30. The number of nitrogens with two attached hydrogens (primary N) is 2. The maximum atomic E-state index is 11.6. The molecule has 0 saturated carbocycles. The van der Waals surface area contributed by atoms with E-state index in [4.69, 9.17) is 39.9 Å². The van der Waals surface area contributed by atoms with Gasteiger partial charge in [-0.1, -0.05) is 46.8 Å². The molecule has 1 atom stereocenters. The molecule has 20 heteroatoms. The average molecular weight is 840 g/mol. The Morgan fingerprint density at radius 2 is 1.37 bits per heavy atom. The summed E-state index contributed by atoms with van der Waals surface area (Å²) in [5, 5.41) is 21.1. The Morgan fingerprint density at radius 1 is 0.831 bits per heavy atom. The summed E-state index contributed by atoms with van der Waals surface area (Å²) in [6, 6.07) is 11.0. The fraction of sp³-hybridized carbons (Fsp3) is 0.564. The number of aldehydes is 1. The molecular formula is C39H65N7O13. The molecule has 2 aromatic carbocycles. The van der Waals surface area contributed by atoms with Gasteiger partial charge in [-0.3, -0.25) is 19.7 Å². The van der Waals surface area contributed by atoms with Gasteiger partial charge in [0.05, 0.1) is 70.4 Å². The van der Waals surface area contributed by atoms with Gasteiger partial charge in [-0.2, -0.15) is 0 Å². The van der Waals surface area contributed by atoms with Crippen LogP contribution in [0, 0.1) is 16.0 Å². The first-order chi connectivity index (χ1) is 28.4. The number of carbonyl (C=O) groups excluding carboxylic acids is 5. The second kappa shape index (κ2) is 38.3. The van der Waals surface area contributed by atoms with E-state index < -0.39 is 23.2 Å². The van der Waals surface area contributed by atoms with Crippen LogP contribution in [0.2, 0.25) is 0 Å². The smallest absolute Gasteiger partial charge is 0.429 e. The van der Waals surface area contributed by atoms with Crippen LogP contribution in [0.15, 0.2) is 48.5 Å². The van der Waals surface area contributed by atoms with Gasteiger partial charge in [-0.25, -0.2) is 9.59 Å². The molecule has 0 aliphatic carbocycles. The number of carbonyl (C=O) groups is 5. The number of nitrogens with zero attached hydrogens (tertiary/aromatic N) is 1. The molecule has 0 aromatic heterocycles. The lowest BCUT2D eigenvalue weighted by atomic mass is 10.1. The first-order valence-corrected chi connectivity index (χ1v) is 19.3. The molecule has 2 rings (SSSR count). The molecule has 0 saturated heterocycles. The topological polar surface area (TPSA) is 284 Å². The number of likely N-dealkylation sites (N-methyl/N-ethyl adjacent to an activating group) is 1. The molecule has 0 heterocycles. The molecule has 20 nitrogen and oxygen atoms in total. The van der Waals surface area contributed by atoms with Crippen molar-refractivity contribution in [3.8, 4) is 5.75 Å². The number of urea groups is 1. The highest BCUT2D eigenvalue weighted by Gasteiger charge is 2.14. The SMILES string of the molecule is CC.CC(C)C(C=O)NC(=O)CCOCCOCCOCCOCCN.CCCNC(N)=O.CNCC(=O)Nc1ccc(COC(=O)Oc2ccc([N+](=O)[O-])cc2)cc1. The second-order valence-electron chi connectivity index (χ2n) is 11.9. The van der Waals surface area contributed by atoms with Crippen LogP contribution in [0.25, 0.3) is 0 Å². The van der Waals surface area contributed by atoms with E-state index in [0.29, 0.717) is 77.2 Å². The number of nitro benzene ring substituents is 1. The third-order valence-electron chi connectivity index (χ3n) is 6.77. The number of nitro groups is 1. The Bertz CT molecular complexity index is 1420. The number of amides is 4. The van der Waals surface area contributed by atoms with Crippen molar-refractivity contribution in [2.24, 2.45) is 17.4 Å². The summed E-state index contributed by atoms with van der Waals surface area (Å²) in [4.78, 5) is 65.4. The maximum Gasteiger partial charge on any atom is 0.514 e. The zero-order chi connectivity index (χ0) is 44.7. The number of rotatable bonds is 26. The first kappa shape index (κ1) is 55.8. The number of hydrogen-bond acceptors (Lipinski definition) is 15. The van der Waals surface area contributed by atoms with Crippen molar-refractivity contribution in [2.75, 3.05) is 84.9 Å². The first-order valence-electron chi connectivity index (χ1n) is 19.3. The minimum atomic E-state index is -0.926. The van der Waals surface area contributed by atoms with E-state index in [2.05, 4.69) is 21.3 Å². The van der Waals surface area contributed by atoms with Gasteiger partial charge in [0.2, 0.25) is 11.8 Å². The van der Waals surface area contributed by atoms with Crippen molar-refractivity contribution in [1.29, 1.82) is 0 Å². The summed E-state index contributed by atoms with van der Waals surface area (Å²) in [5.41, 5.74) is 11.2. The zero-order valence-electron chi connectivity index (χ0n) is 35.2. The Labute approximate surface area is 346 Å². The summed E-state index contributed by atoms with van der Waals surface area (Å²) < 4.78 is 31.0. The number of non-ortho nitro benzene ring substituents is 1. The van der Waals surface area contributed by atoms with Crippen LogP contribution in [0.5, 0.6) is 5.75 Å². The lowest BCUT2D eigenvalue weighted by Gasteiger charge is -2.16. The van der Waals surface area contributed by atoms with Crippen molar-refractivity contribution >= 4 is 41.7 Å². The Morgan fingerprint density at radius 3 is 1.81 bits per heavy atom. The summed E-state index contributed by atoms with van der Waals surface area (Å²) in [7, 11) is 1.68. The summed E-state index contributed by atoms with van der Waals surface area (Å²) in [5.74, 6) is -0.131. The van der Waals surface area contributed by atoms with Gasteiger partial charge >= 0.3 is 12.2 Å². The number of primary amides is 1. The molecular weight excluding hydrogens is 774 g/mol. The highest BCUT2D eigenvalue weighted by atomic mass is 16.7. The number of anilines is 1. The number of benzene rings is 2. The van der Waals surface area contributed by atoms with Gasteiger partial charge in [0.15, 0.2) is 0 Å². The van der Waals surface area contributed by atoms with Crippen LogP contribution in [-0.4, -0.2) is 121 Å². The van der Waals surface area contributed by atoms with Crippen LogP contribution >= 0.6 is 0 Å². The standard InChI is InChI=1S/C17H17N3O6.C16H32N2O6.C4H10N2O.C2H6/c1-18-10-16(21)19-13-4-2-12(3-5-13)11-25-17(22)26-15-8-6-14(7-9-15)20(23)24;1-14(2)15(13-19)18-16(20)3-5-21-7-9-23-11-12-24-10-8-22-6-4-17;1-2-3-6-4(5)7;1-2/h2-9,18H,10-11H2,1H3,(H,19,21);13-15H,3-12,17H2,1-2H3,(H,18,20);2-3H2,1H3,(H3,5,6,7);1-2H3.